The van der Waals surface area contributed by atoms with Crippen LogP contribution in [-0.4, -0.2) is 16.7 Å². The Balaban J connectivity index is 2.80. The molecule has 0 bridgehead atoms. The highest BCUT2D eigenvalue weighted by molar-refractivity contribution is 7.99. The molecule has 1 aromatic carbocycles. The van der Waals surface area contributed by atoms with Crippen LogP contribution in [0.4, 0.5) is 11.4 Å². The van der Waals surface area contributed by atoms with E-state index in [1.165, 1.54) is 0 Å². The van der Waals surface area contributed by atoms with Gasteiger partial charge in [-0.2, -0.15) is 11.8 Å². The Morgan fingerprint density at radius 1 is 1.42 bits per heavy atom. The molecule has 19 heavy (non-hydrogen) atoms. The minimum atomic E-state index is -0.310. The van der Waals surface area contributed by atoms with Crippen LogP contribution in [0, 0.1) is 10.1 Å². The first-order chi connectivity index (χ1) is 9.08. The normalized spacial score (nSPS) is 12.2. The van der Waals surface area contributed by atoms with Crippen LogP contribution in [0.25, 0.3) is 0 Å². The molecule has 0 heterocycles. The SMILES string of the molecule is CCCNc1ccc(CSC(C)CC)cc1[N+](=O)[O-]. The molecule has 1 aromatic rings. The molecule has 5 heteroatoms. The Labute approximate surface area is 119 Å². The van der Waals surface area contributed by atoms with Crippen molar-refractivity contribution in [2.45, 2.75) is 44.6 Å². The zero-order valence-corrected chi connectivity index (χ0v) is 12.6. The number of nitro groups is 1. The second-order valence-corrected chi connectivity index (χ2v) is 5.99. The van der Waals surface area contributed by atoms with Crippen LogP contribution in [-0.2, 0) is 5.75 Å². The van der Waals surface area contributed by atoms with Gasteiger partial charge < -0.3 is 5.32 Å². The minimum absolute atomic E-state index is 0.177. The van der Waals surface area contributed by atoms with Gasteiger partial charge in [0.25, 0.3) is 5.69 Å². The van der Waals surface area contributed by atoms with Gasteiger partial charge in [-0.15, -0.1) is 0 Å². The number of anilines is 1. The maximum Gasteiger partial charge on any atom is 0.292 e. The fourth-order valence-electron chi connectivity index (χ4n) is 1.58. The van der Waals surface area contributed by atoms with Crippen molar-refractivity contribution in [3.05, 3.63) is 33.9 Å². The van der Waals surface area contributed by atoms with Gasteiger partial charge in [0.05, 0.1) is 4.92 Å². The summed E-state index contributed by atoms with van der Waals surface area (Å²) in [7, 11) is 0. The zero-order valence-electron chi connectivity index (χ0n) is 11.8. The van der Waals surface area contributed by atoms with Crippen molar-refractivity contribution < 1.29 is 4.92 Å². The molecule has 4 nitrogen and oxygen atoms in total. The Hall–Kier alpha value is -1.23. The molecule has 0 amide bonds. The van der Waals surface area contributed by atoms with Gasteiger partial charge in [-0.25, -0.2) is 0 Å². The lowest BCUT2D eigenvalue weighted by Crippen LogP contribution is -2.03. The summed E-state index contributed by atoms with van der Waals surface area (Å²) in [5.41, 5.74) is 1.80. The summed E-state index contributed by atoms with van der Waals surface area (Å²) in [4.78, 5) is 10.8. The third kappa shape index (κ3) is 5.11. The van der Waals surface area contributed by atoms with Gasteiger partial charge in [0, 0.05) is 23.6 Å². The van der Waals surface area contributed by atoms with Crippen molar-refractivity contribution in [1.82, 2.24) is 0 Å². The number of hydrogen-bond acceptors (Lipinski definition) is 4. The van der Waals surface area contributed by atoms with Gasteiger partial charge in [0.1, 0.15) is 5.69 Å². The monoisotopic (exact) mass is 282 g/mol. The highest BCUT2D eigenvalue weighted by Crippen LogP contribution is 2.28. The van der Waals surface area contributed by atoms with Crippen LogP contribution in [0.1, 0.15) is 39.2 Å². The number of nitrogens with one attached hydrogen (secondary N) is 1. The van der Waals surface area contributed by atoms with E-state index in [0.29, 0.717) is 10.9 Å². The van der Waals surface area contributed by atoms with Gasteiger partial charge >= 0.3 is 0 Å². The summed E-state index contributed by atoms with van der Waals surface area (Å²) in [6.07, 6.45) is 2.06. The predicted molar refractivity (Wildman–Crippen MR) is 82.9 cm³/mol. The fraction of sp³-hybridized carbons (Fsp3) is 0.571. The quantitative estimate of drug-likeness (QED) is 0.565. The molecular formula is C14H22N2O2S. The van der Waals surface area contributed by atoms with Crippen LogP contribution in [0.3, 0.4) is 0 Å². The molecule has 0 aliphatic rings. The van der Waals surface area contributed by atoms with Crippen molar-refractivity contribution in [2.24, 2.45) is 0 Å². The molecule has 0 saturated heterocycles. The van der Waals surface area contributed by atoms with Gasteiger partial charge in [-0.3, -0.25) is 10.1 Å². The van der Waals surface area contributed by atoms with Crippen molar-refractivity contribution in [3.63, 3.8) is 0 Å². The topological polar surface area (TPSA) is 55.2 Å². The van der Waals surface area contributed by atoms with Gasteiger partial charge in [-0.05, 0) is 24.5 Å². The number of nitro benzene ring substituents is 1. The standard InChI is InChI=1S/C14H22N2O2S/c1-4-8-15-13-7-6-12(9-14(13)16(17)18)10-19-11(3)5-2/h6-7,9,11,15H,4-5,8,10H2,1-3H3. The van der Waals surface area contributed by atoms with E-state index in [0.717, 1.165) is 30.7 Å². The van der Waals surface area contributed by atoms with Crippen LogP contribution >= 0.6 is 11.8 Å². The van der Waals surface area contributed by atoms with E-state index in [1.54, 1.807) is 6.07 Å². The molecule has 0 spiro atoms. The molecule has 0 aliphatic heterocycles. The fourth-order valence-corrected chi connectivity index (χ4v) is 2.48. The summed E-state index contributed by atoms with van der Waals surface area (Å²) in [6, 6.07) is 5.48. The van der Waals surface area contributed by atoms with E-state index in [1.807, 2.05) is 30.8 Å². The summed E-state index contributed by atoms with van der Waals surface area (Å²) in [6.45, 7) is 7.12. The smallest absolute Gasteiger partial charge is 0.292 e. The van der Waals surface area contributed by atoms with E-state index < -0.39 is 0 Å². The van der Waals surface area contributed by atoms with Crippen LogP contribution in [0.2, 0.25) is 0 Å². The lowest BCUT2D eigenvalue weighted by molar-refractivity contribution is -0.384. The number of rotatable bonds is 8. The number of nitrogens with zero attached hydrogens (tertiary/aromatic N) is 1. The zero-order chi connectivity index (χ0) is 14.3. The molecule has 0 fully saturated rings. The molecule has 0 aliphatic carbocycles. The second-order valence-electron chi connectivity index (χ2n) is 4.57. The van der Waals surface area contributed by atoms with E-state index in [-0.39, 0.29) is 10.6 Å². The lowest BCUT2D eigenvalue weighted by Gasteiger charge is -2.10. The van der Waals surface area contributed by atoms with Crippen LogP contribution in [0.5, 0.6) is 0 Å². The van der Waals surface area contributed by atoms with E-state index in [2.05, 4.69) is 19.2 Å². The van der Waals surface area contributed by atoms with Gasteiger partial charge in [0.15, 0.2) is 0 Å². The molecule has 1 unspecified atom stereocenters. The summed E-state index contributed by atoms with van der Waals surface area (Å²) in [5, 5.41) is 14.8. The summed E-state index contributed by atoms with van der Waals surface area (Å²) < 4.78 is 0. The molecular weight excluding hydrogens is 260 g/mol. The van der Waals surface area contributed by atoms with E-state index >= 15 is 0 Å². The number of benzene rings is 1. The molecule has 1 atom stereocenters. The number of thioether (sulfide) groups is 1. The minimum Gasteiger partial charge on any atom is -0.380 e. The van der Waals surface area contributed by atoms with Crippen molar-refractivity contribution in [3.8, 4) is 0 Å². The third-order valence-electron chi connectivity index (χ3n) is 2.93. The maximum atomic E-state index is 11.1. The average Bonchev–Trinajstić information content (AvgIpc) is 2.42. The molecule has 0 saturated carbocycles. The molecule has 0 aromatic heterocycles. The Morgan fingerprint density at radius 2 is 2.16 bits per heavy atom. The first-order valence-electron chi connectivity index (χ1n) is 6.71. The van der Waals surface area contributed by atoms with E-state index in [9.17, 15) is 10.1 Å². The molecule has 0 radical (unpaired) electrons. The van der Waals surface area contributed by atoms with Crippen LogP contribution < -0.4 is 5.32 Å². The highest BCUT2D eigenvalue weighted by atomic mass is 32.2. The van der Waals surface area contributed by atoms with Crippen molar-refractivity contribution in [2.75, 3.05) is 11.9 Å². The Kier molecular flexibility index (Phi) is 6.70. The third-order valence-corrected chi connectivity index (χ3v) is 4.34. The Morgan fingerprint density at radius 3 is 2.74 bits per heavy atom. The lowest BCUT2D eigenvalue weighted by atomic mass is 10.2. The summed E-state index contributed by atoms with van der Waals surface area (Å²) in [5.74, 6) is 0.823. The van der Waals surface area contributed by atoms with Gasteiger partial charge in [-0.1, -0.05) is 26.8 Å². The Bertz CT molecular complexity index is 424. The number of hydrogen-bond donors (Lipinski definition) is 1. The average molecular weight is 282 g/mol. The van der Waals surface area contributed by atoms with Gasteiger partial charge in [0.2, 0.25) is 0 Å². The molecule has 1 N–H and O–H groups in total. The summed E-state index contributed by atoms with van der Waals surface area (Å²) >= 11 is 1.83. The second kappa shape index (κ2) is 8.04. The predicted octanol–water partition coefficient (Wildman–Crippen LogP) is 4.45. The van der Waals surface area contributed by atoms with E-state index in [4.69, 9.17) is 0 Å². The van der Waals surface area contributed by atoms with Crippen molar-refractivity contribution >= 4 is 23.1 Å². The highest BCUT2D eigenvalue weighted by Gasteiger charge is 2.14. The van der Waals surface area contributed by atoms with Crippen molar-refractivity contribution in [1.29, 1.82) is 0 Å². The molecule has 1 rings (SSSR count). The molecule has 106 valence electrons. The van der Waals surface area contributed by atoms with Crippen LogP contribution in [0.15, 0.2) is 18.2 Å². The largest absolute Gasteiger partial charge is 0.380 e. The first-order valence-corrected chi connectivity index (χ1v) is 7.76. The first kappa shape index (κ1) is 15.8. The maximum absolute atomic E-state index is 11.1.